The van der Waals surface area contributed by atoms with Crippen molar-refractivity contribution < 1.29 is 22.8 Å². The molecule has 0 bridgehead atoms. The van der Waals surface area contributed by atoms with Gasteiger partial charge in [0.25, 0.3) is 0 Å². The molecule has 0 spiro atoms. The lowest BCUT2D eigenvalue weighted by Gasteiger charge is -2.17. The van der Waals surface area contributed by atoms with Crippen LogP contribution in [0, 0.1) is 11.8 Å². The zero-order valence-electron chi connectivity index (χ0n) is 15.9. The lowest BCUT2D eigenvalue weighted by molar-refractivity contribution is -0.140. The molecular weight excluding hydrogens is 380 g/mol. The van der Waals surface area contributed by atoms with Gasteiger partial charge in [0.05, 0.1) is 22.8 Å². The number of amides is 3. The fraction of sp³-hybridized carbons (Fsp3) is 0.450. The number of carbonyl (C=O) groups is 3. The highest BCUT2D eigenvalue weighted by Crippen LogP contribution is 2.35. The van der Waals surface area contributed by atoms with Crippen molar-refractivity contribution in [2.45, 2.75) is 37.1 Å². The number of nitrogens with one attached hydrogen (secondary N) is 1. The second-order valence-electron chi connectivity index (χ2n) is 7.36. The third-order valence-corrected chi connectivity index (χ3v) is 6.48. The second-order valence-corrected chi connectivity index (χ2v) is 9.38. The van der Waals surface area contributed by atoms with E-state index >= 15 is 0 Å². The minimum atomic E-state index is -3.27. The molecule has 0 radical (unpaired) electrons. The number of hydrogen-bond donors (Lipinski definition) is 1. The predicted octanol–water partition coefficient (Wildman–Crippen LogP) is 1.61. The molecule has 0 aromatic heterocycles. The highest BCUT2D eigenvalue weighted by molar-refractivity contribution is 7.90. The molecule has 7 nitrogen and oxygen atoms in total. The van der Waals surface area contributed by atoms with Gasteiger partial charge in [-0.2, -0.15) is 0 Å². The maximum absolute atomic E-state index is 12.4. The van der Waals surface area contributed by atoms with Crippen LogP contribution in [0.4, 0.5) is 0 Å². The van der Waals surface area contributed by atoms with Gasteiger partial charge in [-0.25, -0.2) is 8.42 Å². The van der Waals surface area contributed by atoms with Crippen LogP contribution in [-0.4, -0.2) is 43.8 Å². The third kappa shape index (κ3) is 4.16. The standard InChI is InChI=1S/C20H24N2O5S/c1-13(14-7-9-15(10-8-14)28(2,26)27)21-18(23)11-12-22-19(24)16-5-3-4-6-17(16)20(22)25/h3-4,7-10,13,16-17H,5-6,11-12H2,1-2H3,(H,21,23)/t13-,16-,17+/m1/s1. The molecule has 3 atom stereocenters. The number of fused-ring (bicyclic) bond motifs is 1. The third-order valence-electron chi connectivity index (χ3n) is 5.35. The van der Waals surface area contributed by atoms with Gasteiger partial charge in [-0.1, -0.05) is 24.3 Å². The van der Waals surface area contributed by atoms with Gasteiger partial charge in [0.2, 0.25) is 17.7 Å². The summed E-state index contributed by atoms with van der Waals surface area (Å²) in [5.41, 5.74) is 0.770. The molecule has 1 heterocycles. The second kappa shape index (κ2) is 7.87. The van der Waals surface area contributed by atoms with Gasteiger partial charge >= 0.3 is 0 Å². The molecule has 0 unspecified atom stereocenters. The van der Waals surface area contributed by atoms with Crippen LogP contribution in [0.1, 0.15) is 37.8 Å². The normalized spacial score (nSPS) is 22.9. The summed E-state index contributed by atoms with van der Waals surface area (Å²) in [7, 11) is -3.27. The van der Waals surface area contributed by atoms with Crippen molar-refractivity contribution >= 4 is 27.6 Å². The van der Waals surface area contributed by atoms with Crippen LogP contribution in [0.3, 0.4) is 0 Å². The van der Waals surface area contributed by atoms with E-state index in [-0.39, 0.29) is 53.5 Å². The van der Waals surface area contributed by atoms with Gasteiger partial charge in [0.1, 0.15) is 0 Å². The quantitative estimate of drug-likeness (QED) is 0.573. The zero-order valence-corrected chi connectivity index (χ0v) is 16.7. The summed E-state index contributed by atoms with van der Waals surface area (Å²) in [5.74, 6) is -1.21. The Balaban J connectivity index is 1.54. The topological polar surface area (TPSA) is 101 Å². The van der Waals surface area contributed by atoms with Crippen LogP contribution in [0.5, 0.6) is 0 Å². The van der Waals surface area contributed by atoms with Crippen molar-refractivity contribution in [1.29, 1.82) is 0 Å². The molecule has 3 amide bonds. The van der Waals surface area contributed by atoms with Crippen LogP contribution < -0.4 is 5.32 Å². The molecule has 2 aliphatic rings. The Morgan fingerprint density at radius 1 is 1.11 bits per heavy atom. The number of carbonyl (C=O) groups excluding carboxylic acids is 3. The molecule has 0 saturated carbocycles. The zero-order chi connectivity index (χ0) is 20.5. The number of allylic oxidation sites excluding steroid dienone is 2. The van der Waals surface area contributed by atoms with Crippen molar-refractivity contribution in [2.24, 2.45) is 11.8 Å². The molecule has 1 aliphatic heterocycles. The first-order valence-electron chi connectivity index (χ1n) is 9.28. The van der Waals surface area contributed by atoms with E-state index in [1.54, 1.807) is 19.1 Å². The van der Waals surface area contributed by atoms with Crippen LogP contribution >= 0.6 is 0 Å². The van der Waals surface area contributed by atoms with Crippen LogP contribution in [-0.2, 0) is 24.2 Å². The van der Waals surface area contributed by atoms with Crippen molar-refractivity contribution in [3.8, 4) is 0 Å². The van der Waals surface area contributed by atoms with Crippen molar-refractivity contribution in [2.75, 3.05) is 12.8 Å². The molecular formula is C20H24N2O5S. The Kier molecular flexibility index (Phi) is 5.69. The molecule has 1 aromatic rings. The van der Waals surface area contributed by atoms with E-state index in [1.807, 2.05) is 12.2 Å². The Bertz CT molecular complexity index is 894. The van der Waals surface area contributed by atoms with Crippen molar-refractivity contribution in [3.05, 3.63) is 42.0 Å². The lowest BCUT2D eigenvalue weighted by Crippen LogP contribution is -2.36. The summed E-state index contributed by atoms with van der Waals surface area (Å²) < 4.78 is 23.0. The van der Waals surface area contributed by atoms with Crippen molar-refractivity contribution in [1.82, 2.24) is 10.2 Å². The predicted molar refractivity (Wildman–Crippen MR) is 103 cm³/mol. The smallest absolute Gasteiger partial charge is 0.233 e. The number of likely N-dealkylation sites (tertiary alicyclic amines) is 1. The minimum absolute atomic E-state index is 0.0378. The molecule has 28 heavy (non-hydrogen) atoms. The summed E-state index contributed by atoms with van der Waals surface area (Å²) in [5, 5.41) is 2.82. The average Bonchev–Trinajstić information content (AvgIpc) is 2.90. The monoisotopic (exact) mass is 404 g/mol. The van der Waals surface area contributed by atoms with E-state index < -0.39 is 9.84 Å². The summed E-state index contributed by atoms with van der Waals surface area (Å²) in [6, 6.07) is 6.01. The SMILES string of the molecule is C[C@@H](NC(=O)CCN1C(=O)[C@H]2CC=CC[C@H]2C1=O)c1ccc(S(C)(=O)=O)cc1. The van der Waals surface area contributed by atoms with Crippen molar-refractivity contribution in [3.63, 3.8) is 0 Å². The van der Waals surface area contributed by atoms with E-state index in [4.69, 9.17) is 0 Å². The summed E-state index contributed by atoms with van der Waals surface area (Å²) in [4.78, 5) is 38.5. The van der Waals surface area contributed by atoms with Gasteiger partial charge < -0.3 is 5.32 Å². The Morgan fingerprint density at radius 2 is 1.64 bits per heavy atom. The molecule has 3 rings (SSSR count). The molecule has 150 valence electrons. The number of rotatable bonds is 6. The van der Waals surface area contributed by atoms with E-state index in [1.165, 1.54) is 17.0 Å². The van der Waals surface area contributed by atoms with Gasteiger partial charge in [0.15, 0.2) is 9.84 Å². The van der Waals surface area contributed by atoms with Crippen LogP contribution in [0.2, 0.25) is 0 Å². The molecule has 1 aromatic carbocycles. The first-order chi connectivity index (χ1) is 13.2. The first kappa shape index (κ1) is 20.3. The number of nitrogens with zero attached hydrogens (tertiary/aromatic N) is 1. The molecule has 8 heteroatoms. The van der Waals surface area contributed by atoms with Gasteiger partial charge in [-0.15, -0.1) is 0 Å². The van der Waals surface area contributed by atoms with Crippen LogP contribution in [0.15, 0.2) is 41.3 Å². The fourth-order valence-corrected chi connectivity index (χ4v) is 4.33. The van der Waals surface area contributed by atoms with Crippen LogP contribution in [0.25, 0.3) is 0 Å². The van der Waals surface area contributed by atoms with E-state index in [2.05, 4.69) is 5.32 Å². The number of imide groups is 1. The number of sulfone groups is 1. The molecule has 1 fully saturated rings. The maximum atomic E-state index is 12.4. The number of benzene rings is 1. The summed E-state index contributed by atoms with van der Waals surface area (Å²) >= 11 is 0. The van der Waals surface area contributed by atoms with E-state index in [0.717, 1.165) is 11.8 Å². The molecule has 1 N–H and O–H groups in total. The highest BCUT2D eigenvalue weighted by atomic mass is 32.2. The summed E-state index contributed by atoms with van der Waals surface area (Å²) in [6.45, 7) is 1.87. The Hall–Kier alpha value is -2.48. The fourth-order valence-electron chi connectivity index (χ4n) is 3.70. The summed E-state index contributed by atoms with van der Waals surface area (Å²) in [6.07, 6.45) is 6.20. The largest absolute Gasteiger partial charge is 0.350 e. The van der Waals surface area contributed by atoms with E-state index in [9.17, 15) is 22.8 Å². The molecule has 1 aliphatic carbocycles. The lowest BCUT2D eigenvalue weighted by atomic mass is 9.85. The first-order valence-corrected chi connectivity index (χ1v) is 11.2. The van der Waals surface area contributed by atoms with Gasteiger partial charge in [0, 0.05) is 19.2 Å². The van der Waals surface area contributed by atoms with E-state index in [0.29, 0.717) is 12.8 Å². The Morgan fingerprint density at radius 3 is 2.14 bits per heavy atom. The van der Waals surface area contributed by atoms with Gasteiger partial charge in [-0.05, 0) is 37.5 Å². The maximum Gasteiger partial charge on any atom is 0.233 e. The number of hydrogen-bond acceptors (Lipinski definition) is 5. The Labute approximate surface area is 164 Å². The minimum Gasteiger partial charge on any atom is -0.350 e. The highest BCUT2D eigenvalue weighted by Gasteiger charge is 2.46. The average molecular weight is 404 g/mol. The molecule has 1 saturated heterocycles. The van der Waals surface area contributed by atoms with Gasteiger partial charge in [-0.3, -0.25) is 19.3 Å².